The van der Waals surface area contributed by atoms with E-state index in [9.17, 15) is 4.79 Å². The van der Waals surface area contributed by atoms with Crippen LogP contribution in [0.15, 0.2) is 18.5 Å². The Morgan fingerprint density at radius 2 is 2.50 bits per heavy atom. The Bertz CT molecular complexity index is 403. The van der Waals surface area contributed by atoms with Gasteiger partial charge >= 0.3 is 0 Å². The van der Waals surface area contributed by atoms with Crippen LogP contribution >= 0.6 is 11.6 Å². The van der Waals surface area contributed by atoms with Crippen molar-refractivity contribution in [1.82, 2.24) is 10.3 Å². The molecule has 0 spiro atoms. The van der Waals surface area contributed by atoms with Gasteiger partial charge in [0.05, 0.1) is 22.7 Å². The molecule has 0 bridgehead atoms. The molecule has 1 saturated heterocycles. The number of rotatable bonds is 2. The Labute approximate surface area is 99.0 Å². The van der Waals surface area contributed by atoms with Gasteiger partial charge in [0, 0.05) is 19.0 Å². The molecule has 1 aromatic heterocycles. The molecule has 0 aromatic carbocycles. The Morgan fingerprint density at radius 3 is 3.12 bits per heavy atom. The SMILES string of the molecule is CC1(NC(=O)c2cnccc2Cl)CCOC1. The van der Waals surface area contributed by atoms with Gasteiger partial charge in [-0.3, -0.25) is 9.78 Å². The molecule has 86 valence electrons. The molecule has 1 unspecified atom stereocenters. The summed E-state index contributed by atoms with van der Waals surface area (Å²) in [4.78, 5) is 15.8. The second-order valence-corrected chi connectivity index (χ2v) is 4.58. The van der Waals surface area contributed by atoms with Crippen LogP contribution in [0.5, 0.6) is 0 Å². The molecular weight excluding hydrogens is 228 g/mol. The summed E-state index contributed by atoms with van der Waals surface area (Å²) >= 11 is 5.92. The molecule has 16 heavy (non-hydrogen) atoms. The van der Waals surface area contributed by atoms with E-state index in [1.54, 1.807) is 12.3 Å². The molecule has 0 saturated carbocycles. The molecule has 1 amide bonds. The summed E-state index contributed by atoms with van der Waals surface area (Å²) in [6.07, 6.45) is 3.84. The predicted molar refractivity (Wildman–Crippen MR) is 60.6 cm³/mol. The summed E-state index contributed by atoms with van der Waals surface area (Å²) in [5, 5.41) is 3.34. The van der Waals surface area contributed by atoms with Crippen LogP contribution in [-0.4, -0.2) is 29.6 Å². The molecule has 1 aliphatic heterocycles. The molecule has 1 aromatic rings. The van der Waals surface area contributed by atoms with Gasteiger partial charge in [0.25, 0.3) is 5.91 Å². The smallest absolute Gasteiger partial charge is 0.254 e. The third-order valence-electron chi connectivity index (χ3n) is 2.65. The molecule has 5 heteroatoms. The largest absolute Gasteiger partial charge is 0.379 e. The highest BCUT2D eigenvalue weighted by Crippen LogP contribution is 2.20. The average Bonchev–Trinajstić information content (AvgIpc) is 2.65. The Morgan fingerprint density at radius 1 is 1.69 bits per heavy atom. The van der Waals surface area contributed by atoms with E-state index in [4.69, 9.17) is 16.3 Å². The first kappa shape index (κ1) is 11.4. The van der Waals surface area contributed by atoms with Crippen molar-refractivity contribution in [2.75, 3.05) is 13.2 Å². The number of hydrogen-bond donors (Lipinski definition) is 1. The Balaban J connectivity index is 2.11. The maximum atomic E-state index is 11.9. The molecule has 2 rings (SSSR count). The maximum Gasteiger partial charge on any atom is 0.254 e. The van der Waals surface area contributed by atoms with E-state index in [2.05, 4.69) is 10.3 Å². The monoisotopic (exact) mass is 240 g/mol. The van der Waals surface area contributed by atoms with Gasteiger partial charge < -0.3 is 10.1 Å². The standard InChI is InChI=1S/C11H13ClN2O2/c1-11(3-5-16-7-11)14-10(15)8-6-13-4-2-9(8)12/h2,4,6H,3,5,7H2,1H3,(H,14,15). The van der Waals surface area contributed by atoms with Crippen molar-refractivity contribution in [2.45, 2.75) is 18.9 Å². The van der Waals surface area contributed by atoms with Crippen LogP contribution in [0.25, 0.3) is 0 Å². The van der Waals surface area contributed by atoms with Crippen LogP contribution in [0.4, 0.5) is 0 Å². The van der Waals surface area contributed by atoms with Crippen LogP contribution in [0.3, 0.4) is 0 Å². The van der Waals surface area contributed by atoms with Gasteiger partial charge in [-0.15, -0.1) is 0 Å². The van der Waals surface area contributed by atoms with Crippen molar-refractivity contribution in [3.05, 3.63) is 29.0 Å². The summed E-state index contributed by atoms with van der Waals surface area (Å²) in [7, 11) is 0. The molecule has 0 aliphatic carbocycles. The Hall–Kier alpha value is -1.13. The lowest BCUT2D eigenvalue weighted by Crippen LogP contribution is -2.46. The van der Waals surface area contributed by atoms with Crippen LogP contribution in [0, 0.1) is 0 Å². The van der Waals surface area contributed by atoms with Gasteiger partial charge in [0.15, 0.2) is 0 Å². The fourth-order valence-corrected chi connectivity index (χ4v) is 1.84. The molecule has 4 nitrogen and oxygen atoms in total. The number of nitrogens with zero attached hydrogens (tertiary/aromatic N) is 1. The molecule has 1 atom stereocenters. The van der Waals surface area contributed by atoms with E-state index in [1.807, 2.05) is 6.92 Å². The van der Waals surface area contributed by atoms with E-state index < -0.39 is 0 Å². The molecule has 2 heterocycles. The summed E-state index contributed by atoms with van der Waals surface area (Å²) < 4.78 is 5.26. The fraction of sp³-hybridized carbons (Fsp3) is 0.455. The van der Waals surface area contributed by atoms with Gasteiger partial charge in [0.2, 0.25) is 0 Å². The van der Waals surface area contributed by atoms with Crippen molar-refractivity contribution in [3.63, 3.8) is 0 Å². The van der Waals surface area contributed by atoms with Crippen LogP contribution < -0.4 is 5.32 Å². The summed E-state index contributed by atoms with van der Waals surface area (Å²) in [5.41, 5.74) is 0.105. The highest BCUT2D eigenvalue weighted by atomic mass is 35.5. The van der Waals surface area contributed by atoms with Crippen molar-refractivity contribution in [3.8, 4) is 0 Å². The number of amides is 1. The predicted octanol–water partition coefficient (Wildman–Crippen LogP) is 1.64. The van der Waals surface area contributed by atoms with E-state index in [-0.39, 0.29) is 11.4 Å². The minimum absolute atomic E-state index is 0.203. The number of ether oxygens (including phenoxy) is 1. The minimum Gasteiger partial charge on any atom is -0.379 e. The molecular formula is C11H13ClN2O2. The quantitative estimate of drug-likeness (QED) is 0.855. The molecule has 1 fully saturated rings. The van der Waals surface area contributed by atoms with Gasteiger partial charge in [-0.2, -0.15) is 0 Å². The first-order valence-electron chi connectivity index (χ1n) is 5.10. The first-order chi connectivity index (χ1) is 7.61. The second kappa shape index (κ2) is 4.39. The lowest BCUT2D eigenvalue weighted by atomic mass is 10.0. The van der Waals surface area contributed by atoms with Gasteiger partial charge in [-0.05, 0) is 19.4 Å². The number of halogens is 1. The normalized spacial score (nSPS) is 24.4. The highest BCUT2D eigenvalue weighted by Gasteiger charge is 2.31. The molecule has 1 aliphatic rings. The van der Waals surface area contributed by atoms with Gasteiger partial charge in [0.1, 0.15) is 0 Å². The summed E-state index contributed by atoms with van der Waals surface area (Å²) in [6, 6.07) is 1.60. The van der Waals surface area contributed by atoms with Gasteiger partial charge in [-0.1, -0.05) is 11.6 Å². The van der Waals surface area contributed by atoms with Gasteiger partial charge in [-0.25, -0.2) is 0 Å². The first-order valence-corrected chi connectivity index (χ1v) is 5.48. The summed E-state index contributed by atoms with van der Waals surface area (Å²) in [5.74, 6) is -0.203. The minimum atomic E-state index is -0.295. The molecule has 1 N–H and O–H groups in total. The number of nitrogens with one attached hydrogen (secondary N) is 1. The summed E-state index contributed by atoms with van der Waals surface area (Å²) in [6.45, 7) is 3.18. The lowest BCUT2D eigenvalue weighted by Gasteiger charge is -2.23. The maximum absolute atomic E-state index is 11.9. The van der Waals surface area contributed by atoms with E-state index in [1.165, 1.54) is 6.20 Å². The number of aromatic nitrogens is 1. The number of carbonyl (C=O) groups excluding carboxylic acids is 1. The van der Waals surface area contributed by atoms with Crippen molar-refractivity contribution in [1.29, 1.82) is 0 Å². The third-order valence-corrected chi connectivity index (χ3v) is 2.98. The van der Waals surface area contributed by atoms with Crippen LogP contribution in [0.1, 0.15) is 23.7 Å². The topological polar surface area (TPSA) is 51.2 Å². The van der Waals surface area contributed by atoms with E-state index >= 15 is 0 Å². The zero-order valence-corrected chi connectivity index (χ0v) is 9.75. The Kier molecular flexibility index (Phi) is 3.12. The average molecular weight is 241 g/mol. The fourth-order valence-electron chi connectivity index (χ4n) is 1.65. The van der Waals surface area contributed by atoms with Crippen molar-refractivity contribution >= 4 is 17.5 Å². The number of carbonyl (C=O) groups is 1. The zero-order valence-electron chi connectivity index (χ0n) is 9.00. The van der Waals surface area contributed by atoms with Crippen molar-refractivity contribution < 1.29 is 9.53 Å². The highest BCUT2D eigenvalue weighted by molar-refractivity contribution is 6.33. The van der Waals surface area contributed by atoms with E-state index in [0.717, 1.165) is 6.42 Å². The van der Waals surface area contributed by atoms with Crippen LogP contribution in [-0.2, 0) is 4.74 Å². The van der Waals surface area contributed by atoms with Crippen LogP contribution in [0.2, 0.25) is 5.02 Å². The zero-order chi connectivity index (χ0) is 11.6. The number of pyridine rings is 1. The third kappa shape index (κ3) is 2.33. The lowest BCUT2D eigenvalue weighted by molar-refractivity contribution is 0.0889. The number of hydrogen-bond acceptors (Lipinski definition) is 3. The second-order valence-electron chi connectivity index (χ2n) is 4.17. The van der Waals surface area contributed by atoms with Crippen molar-refractivity contribution in [2.24, 2.45) is 0 Å². The van der Waals surface area contributed by atoms with E-state index in [0.29, 0.717) is 23.8 Å². The molecule has 0 radical (unpaired) electrons.